The topological polar surface area (TPSA) is 41.5 Å². The highest BCUT2D eigenvalue weighted by Gasteiger charge is 2.11. The molecule has 0 radical (unpaired) electrons. The van der Waals surface area contributed by atoms with Crippen molar-refractivity contribution < 1.29 is 9.84 Å². The minimum atomic E-state index is -0.479. The predicted molar refractivity (Wildman–Crippen MR) is 79.8 cm³/mol. The van der Waals surface area contributed by atoms with Crippen LogP contribution in [0.2, 0.25) is 0 Å². The summed E-state index contributed by atoms with van der Waals surface area (Å²) in [5.41, 5.74) is 1.22. The van der Waals surface area contributed by atoms with Gasteiger partial charge in [0.1, 0.15) is 18.5 Å². The third-order valence-corrected chi connectivity index (χ3v) is 3.26. The molecule has 0 spiro atoms. The van der Waals surface area contributed by atoms with Gasteiger partial charge in [-0.15, -0.1) is 0 Å². The van der Waals surface area contributed by atoms with Crippen molar-refractivity contribution in [1.82, 2.24) is 5.32 Å². The van der Waals surface area contributed by atoms with Gasteiger partial charge in [-0.2, -0.15) is 0 Å². The summed E-state index contributed by atoms with van der Waals surface area (Å²) in [6.45, 7) is 9.37. The van der Waals surface area contributed by atoms with Crippen LogP contribution in [0.5, 0.6) is 5.75 Å². The van der Waals surface area contributed by atoms with E-state index >= 15 is 0 Å². The van der Waals surface area contributed by atoms with Crippen LogP contribution < -0.4 is 10.1 Å². The molecule has 0 amide bonds. The summed E-state index contributed by atoms with van der Waals surface area (Å²) in [5.74, 6) is 1.36. The fourth-order valence-corrected chi connectivity index (χ4v) is 1.86. The van der Waals surface area contributed by atoms with E-state index in [0.717, 1.165) is 12.2 Å². The maximum absolute atomic E-state index is 9.86. The third kappa shape index (κ3) is 5.62. The van der Waals surface area contributed by atoms with Crippen molar-refractivity contribution in [2.45, 2.75) is 52.2 Å². The summed E-state index contributed by atoms with van der Waals surface area (Å²) in [7, 11) is 0. The van der Waals surface area contributed by atoms with Crippen molar-refractivity contribution in [2.75, 3.05) is 13.2 Å². The highest BCUT2D eigenvalue weighted by Crippen LogP contribution is 2.28. The summed E-state index contributed by atoms with van der Waals surface area (Å²) < 4.78 is 5.76. The maximum Gasteiger partial charge on any atom is 0.122 e. The highest BCUT2D eigenvalue weighted by atomic mass is 16.5. The van der Waals surface area contributed by atoms with Crippen LogP contribution in [-0.4, -0.2) is 30.4 Å². The first-order chi connectivity index (χ1) is 9.04. The number of nitrogens with one attached hydrogen (secondary N) is 1. The van der Waals surface area contributed by atoms with Gasteiger partial charge in [0.25, 0.3) is 0 Å². The monoisotopic (exact) mass is 265 g/mol. The van der Waals surface area contributed by atoms with E-state index in [4.69, 9.17) is 4.74 Å². The predicted octanol–water partition coefficient (Wildman–Crippen LogP) is 2.94. The molecular weight excluding hydrogens is 238 g/mol. The lowest BCUT2D eigenvalue weighted by atomic mass is 9.98. The van der Waals surface area contributed by atoms with E-state index in [9.17, 15) is 5.11 Å². The summed E-state index contributed by atoms with van der Waals surface area (Å²) in [4.78, 5) is 0. The van der Waals surface area contributed by atoms with Gasteiger partial charge in [0, 0.05) is 12.6 Å². The van der Waals surface area contributed by atoms with E-state index in [-0.39, 0.29) is 0 Å². The van der Waals surface area contributed by atoms with Crippen molar-refractivity contribution >= 4 is 0 Å². The zero-order valence-corrected chi connectivity index (χ0v) is 12.5. The van der Waals surface area contributed by atoms with Crippen LogP contribution >= 0.6 is 0 Å². The first-order valence-corrected chi connectivity index (χ1v) is 7.17. The second-order valence-electron chi connectivity index (χ2n) is 5.37. The number of aliphatic hydroxyl groups is 1. The molecule has 0 aliphatic heterocycles. The number of hydrogen-bond acceptors (Lipinski definition) is 3. The smallest absolute Gasteiger partial charge is 0.122 e. The molecule has 1 rings (SSSR count). The van der Waals surface area contributed by atoms with Crippen molar-refractivity contribution in [3.05, 3.63) is 29.8 Å². The zero-order chi connectivity index (χ0) is 14.3. The van der Waals surface area contributed by atoms with Gasteiger partial charge in [-0.25, -0.2) is 0 Å². The maximum atomic E-state index is 9.86. The van der Waals surface area contributed by atoms with Gasteiger partial charge in [-0.1, -0.05) is 45.9 Å². The molecule has 0 aliphatic carbocycles. The molecule has 0 aliphatic rings. The van der Waals surface area contributed by atoms with Crippen molar-refractivity contribution in [2.24, 2.45) is 0 Å². The molecule has 1 aromatic rings. The minimum absolute atomic E-state index is 0.327. The average Bonchev–Trinajstić information content (AvgIpc) is 2.42. The van der Waals surface area contributed by atoms with Crippen LogP contribution in [0.3, 0.4) is 0 Å². The molecule has 108 valence electrons. The van der Waals surface area contributed by atoms with Crippen molar-refractivity contribution in [3.8, 4) is 5.75 Å². The number of hydrogen-bond donors (Lipinski definition) is 2. The van der Waals surface area contributed by atoms with E-state index in [1.165, 1.54) is 5.56 Å². The molecule has 2 atom stereocenters. The number of benzene rings is 1. The number of para-hydroxylation sites is 1. The highest BCUT2D eigenvalue weighted by molar-refractivity contribution is 5.35. The SMILES string of the molecule is CCC(C)c1ccccc1OCC(O)CNC(C)C. The molecule has 0 saturated heterocycles. The standard InChI is InChI=1S/C16H27NO2/c1-5-13(4)15-8-6-7-9-16(15)19-11-14(18)10-17-12(2)3/h6-9,12-14,17-18H,5,10-11H2,1-4H3. The van der Waals surface area contributed by atoms with Gasteiger partial charge in [-0.05, 0) is 24.0 Å². The Morgan fingerprint density at radius 3 is 2.53 bits per heavy atom. The Bertz CT molecular complexity index is 366. The lowest BCUT2D eigenvalue weighted by molar-refractivity contribution is 0.104. The molecular formula is C16H27NO2. The van der Waals surface area contributed by atoms with E-state index in [1.54, 1.807) is 0 Å². The van der Waals surface area contributed by atoms with E-state index in [1.807, 2.05) is 18.2 Å². The molecule has 19 heavy (non-hydrogen) atoms. The lowest BCUT2D eigenvalue weighted by Gasteiger charge is -2.18. The first kappa shape index (κ1) is 16.0. The molecule has 0 bridgehead atoms. The molecule has 2 N–H and O–H groups in total. The molecule has 0 aromatic heterocycles. The first-order valence-electron chi connectivity index (χ1n) is 7.17. The van der Waals surface area contributed by atoms with Gasteiger partial charge in [0.2, 0.25) is 0 Å². The van der Waals surface area contributed by atoms with Crippen LogP contribution in [0.15, 0.2) is 24.3 Å². The molecule has 0 heterocycles. The molecule has 3 heteroatoms. The minimum Gasteiger partial charge on any atom is -0.491 e. The quantitative estimate of drug-likeness (QED) is 0.759. The van der Waals surface area contributed by atoms with Crippen LogP contribution in [0.1, 0.15) is 45.6 Å². The van der Waals surface area contributed by atoms with Crippen LogP contribution in [0, 0.1) is 0 Å². The van der Waals surface area contributed by atoms with Gasteiger partial charge >= 0.3 is 0 Å². The van der Waals surface area contributed by atoms with Gasteiger partial charge in [0.15, 0.2) is 0 Å². The Hall–Kier alpha value is -1.06. The second kappa shape index (κ2) is 8.18. The van der Waals surface area contributed by atoms with Gasteiger partial charge in [0.05, 0.1) is 0 Å². The number of rotatable bonds is 8. The van der Waals surface area contributed by atoms with Gasteiger partial charge in [-0.3, -0.25) is 0 Å². The van der Waals surface area contributed by atoms with E-state index in [0.29, 0.717) is 25.1 Å². The average molecular weight is 265 g/mol. The van der Waals surface area contributed by atoms with E-state index in [2.05, 4.69) is 39.1 Å². The summed E-state index contributed by atoms with van der Waals surface area (Å²) in [5, 5.41) is 13.1. The number of ether oxygens (including phenoxy) is 1. The lowest BCUT2D eigenvalue weighted by Crippen LogP contribution is -2.35. The molecule has 2 unspecified atom stereocenters. The van der Waals surface area contributed by atoms with Gasteiger partial charge < -0.3 is 15.2 Å². The van der Waals surface area contributed by atoms with Crippen LogP contribution in [-0.2, 0) is 0 Å². The Balaban J connectivity index is 2.53. The Kier molecular flexibility index (Phi) is 6.89. The normalized spacial score (nSPS) is 14.4. The Morgan fingerprint density at radius 2 is 1.89 bits per heavy atom. The molecule has 1 aromatic carbocycles. The Morgan fingerprint density at radius 1 is 1.21 bits per heavy atom. The third-order valence-electron chi connectivity index (χ3n) is 3.26. The Labute approximate surface area is 117 Å². The van der Waals surface area contributed by atoms with Crippen LogP contribution in [0.25, 0.3) is 0 Å². The zero-order valence-electron chi connectivity index (χ0n) is 12.5. The summed E-state index contributed by atoms with van der Waals surface area (Å²) in [6, 6.07) is 8.46. The molecule has 0 saturated carbocycles. The largest absolute Gasteiger partial charge is 0.491 e. The van der Waals surface area contributed by atoms with E-state index < -0.39 is 6.10 Å². The van der Waals surface area contributed by atoms with Crippen molar-refractivity contribution in [1.29, 1.82) is 0 Å². The summed E-state index contributed by atoms with van der Waals surface area (Å²) in [6.07, 6.45) is 0.602. The fourth-order valence-electron chi connectivity index (χ4n) is 1.86. The fraction of sp³-hybridized carbons (Fsp3) is 0.625. The molecule has 3 nitrogen and oxygen atoms in total. The second-order valence-corrected chi connectivity index (χ2v) is 5.37. The number of aliphatic hydroxyl groups excluding tert-OH is 1. The van der Waals surface area contributed by atoms with Crippen molar-refractivity contribution in [3.63, 3.8) is 0 Å². The summed E-state index contributed by atoms with van der Waals surface area (Å²) >= 11 is 0. The molecule has 0 fully saturated rings. The van der Waals surface area contributed by atoms with Crippen LogP contribution in [0.4, 0.5) is 0 Å².